The van der Waals surface area contributed by atoms with Gasteiger partial charge in [0.1, 0.15) is 6.04 Å². The van der Waals surface area contributed by atoms with Gasteiger partial charge in [0, 0.05) is 23.2 Å². The van der Waals surface area contributed by atoms with Gasteiger partial charge in [-0.25, -0.2) is 8.42 Å². The normalized spacial score (nSPS) is 15.7. The van der Waals surface area contributed by atoms with Crippen LogP contribution in [0.25, 0.3) is 0 Å². The van der Waals surface area contributed by atoms with Crippen LogP contribution in [0.15, 0.2) is 77.7 Å². The average molecular weight is 449 g/mol. The molecular formula is C25H24N2O4S. The number of para-hydroxylation sites is 1. The molecule has 3 aromatic rings. The van der Waals surface area contributed by atoms with Crippen LogP contribution >= 0.6 is 0 Å². The summed E-state index contributed by atoms with van der Waals surface area (Å²) in [5.74, 6) is -0.692. The number of nitrogens with zero attached hydrogens (tertiary/aromatic N) is 1. The van der Waals surface area contributed by atoms with E-state index in [4.69, 9.17) is 0 Å². The van der Waals surface area contributed by atoms with Gasteiger partial charge >= 0.3 is 0 Å². The van der Waals surface area contributed by atoms with Gasteiger partial charge in [-0.3, -0.25) is 14.5 Å². The molecule has 2 amide bonds. The molecule has 0 saturated heterocycles. The summed E-state index contributed by atoms with van der Waals surface area (Å²) in [4.78, 5) is 28.4. The van der Waals surface area contributed by atoms with E-state index < -0.39 is 21.8 Å². The van der Waals surface area contributed by atoms with E-state index >= 15 is 0 Å². The summed E-state index contributed by atoms with van der Waals surface area (Å²) in [6.07, 6.45) is 2.23. The lowest BCUT2D eigenvalue weighted by molar-refractivity contribution is -0.117. The van der Waals surface area contributed by atoms with Gasteiger partial charge in [-0.1, -0.05) is 42.0 Å². The molecule has 3 aromatic carbocycles. The van der Waals surface area contributed by atoms with Crippen molar-refractivity contribution in [2.75, 3.05) is 16.5 Å². The fourth-order valence-electron chi connectivity index (χ4n) is 3.91. The molecule has 0 radical (unpaired) electrons. The molecule has 6 nitrogen and oxygen atoms in total. The maximum absolute atomic E-state index is 13.6. The van der Waals surface area contributed by atoms with E-state index in [0.717, 1.165) is 17.4 Å². The van der Waals surface area contributed by atoms with Crippen molar-refractivity contribution >= 4 is 33.0 Å². The minimum Gasteiger partial charge on any atom is -0.324 e. The van der Waals surface area contributed by atoms with Crippen molar-refractivity contribution in [2.24, 2.45) is 0 Å². The summed E-state index contributed by atoms with van der Waals surface area (Å²) >= 11 is 0. The lowest BCUT2D eigenvalue weighted by Crippen LogP contribution is -2.50. The Morgan fingerprint density at radius 2 is 1.69 bits per heavy atom. The molecule has 1 unspecified atom stereocenters. The number of amides is 2. The van der Waals surface area contributed by atoms with Crippen LogP contribution < -0.4 is 10.2 Å². The van der Waals surface area contributed by atoms with Gasteiger partial charge in [0.2, 0.25) is 5.91 Å². The molecule has 0 fully saturated rings. The lowest BCUT2D eigenvalue weighted by Gasteiger charge is -2.36. The Labute approximate surface area is 187 Å². The van der Waals surface area contributed by atoms with E-state index in [2.05, 4.69) is 5.32 Å². The van der Waals surface area contributed by atoms with Gasteiger partial charge in [-0.15, -0.1) is 0 Å². The molecule has 0 aromatic heterocycles. The molecule has 0 saturated carbocycles. The Balaban J connectivity index is 1.72. The summed E-state index contributed by atoms with van der Waals surface area (Å²) < 4.78 is 24.0. The zero-order valence-electron chi connectivity index (χ0n) is 17.9. The number of hydrogen-bond acceptors (Lipinski definition) is 4. The largest absolute Gasteiger partial charge is 0.324 e. The Morgan fingerprint density at radius 1 is 0.969 bits per heavy atom. The molecular weight excluding hydrogens is 424 g/mol. The maximum atomic E-state index is 13.6. The predicted molar refractivity (Wildman–Crippen MR) is 125 cm³/mol. The molecule has 7 heteroatoms. The molecule has 0 spiro atoms. The van der Waals surface area contributed by atoms with Crippen molar-refractivity contribution in [3.63, 3.8) is 0 Å². The number of rotatable bonds is 4. The first-order valence-corrected chi connectivity index (χ1v) is 12.2. The number of fused-ring (bicyclic) bond motifs is 1. The van der Waals surface area contributed by atoms with Crippen molar-refractivity contribution in [3.05, 3.63) is 89.5 Å². The number of anilines is 2. The summed E-state index contributed by atoms with van der Waals surface area (Å²) in [5, 5.41) is 2.91. The summed E-state index contributed by atoms with van der Waals surface area (Å²) in [7, 11) is -3.47. The number of carbonyl (C=O) groups excluding carboxylic acids is 2. The quantitative estimate of drug-likeness (QED) is 0.654. The molecule has 32 heavy (non-hydrogen) atoms. The molecule has 1 aliphatic heterocycles. The van der Waals surface area contributed by atoms with E-state index in [1.165, 1.54) is 17.0 Å². The zero-order chi connectivity index (χ0) is 22.9. The summed E-state index contributed by atoms with van der Waals surface area (Å²) in [5.41, 5.74) is 3.60. The second-order valence-corrected chi connectivity index (χ2v) is 10.0. The van der Waals surface area contributed by atoms with Crippen LogP contribution in [-0.2, 0) is 21.1 Å². The van der Waals surface area contributed by atoms with E-state index in [1.807, 2.05) is 55.5 Å². The van der Waals surface area contributed by atoms with Crippen molar-refractivity contribution in [1.82, 2.24) is 0 Å². The van der Waals surface area contributed by atoms with Crippen molar-refractivity contribution in [2.45, 2.75) is 30.7 Å². The fraction of sp³-hybridized carbons (Fsp3) is 0.200. The smallest absolute Gasteiger partial charge is 0.259 e. The second kappa shape index (κ2) is 8.59. The van der Waals surface area contributed by atoms with Crippen molar-refractivity contribution < 1.29 is 18.0 Å². The molecule has 0 bridgehead atoms. The first kappa shape index (κ1) is 21.8. The van der Waals surface area contributed by atoms with Crippen molar-refractivity contribution in [3.8, 4) is 0 Å². The second-order valence-electron chi connectivity index (χ2n) is 8.01. The highest BCUT2D eigenvalue weighted by Gasteiger charge is 2.36. The Morgan fingerprint density at radius 3 is 2.41 bits per heavy atom. The molecule has 164 valence electrons. The zero-order valence-corrected chi connectivity index (χ0v) is 18.7. The number of sulfone groups is 1. The van der Waals surface area contributed by atoms with Crippen LogP contribution in [0.5, 0.6) is 0 Å². The third-order valence-corrected chi connectivity index (χ3v) is 6.71. The molecule has 1 heterocycles. The van der Waals surface area contributed by atoms with Crippen LogP contribution in [-0.4, -0.2) is 32.5 Å². The highest BCUT2D eigenvalue weighted by atomic mass is 32.2. The third kappa shape index (κ3) is 4.43. The number of carbonyl (C=O) groups is 2. The summed E-state index contributed by atoms with van der Waals surface area (Å²) in [6, 6.07) is 20.2. The first-order chi connectivity index (χ1) is 15.2. The van der Waals surface area contributed by atoms with Gasteiger partial charge in [-0.2, -0.15) is 0 Å². The first-order valence-electron chi connectivity index (χ1n) is 10.3. The van der Waals surface area contributed by atoms with Crippen LogP contribution in [0.1, 0.15) is 27.9 Å². The average Bonchev–Trinajstić information content (AvgIpc) is 2.79. The van der Waals surface area contributed by atoms with E-state index in [0.29, 0.717) is 24.2 Å². The number of benzene rings is 3. The molecule has 4 rings (SSSR count). The molecule has 1 aliphatic rings. The monoisotopic (exact) mass is 448 g/mol. The van der Waals surface area contributed by atoms with Crippen molar-refractivity contribution in [1.29, 1.82) is 0 Å². The van der Waals surface area contributed by atoms with Crippen LogP contribution in [0.4, 0.5) is 11.4 Å². The van der Waals surface area contributed by atoms with Gasteiger partial charge in [-0.05, 0) is 61.7 Å². The topological polar surface area (TPSA) is 83.6 Å². The lowest BCUT2D eigenvalue weighted by atomic mass is 9.94. The number of aryl methyl sites for hydroxylation is 2. The van der Waals surface area contributed by atoms with Gasteiger partial charge in [0.05, 0.1) is 4.90 Å². The Bertz CT molecular complexity index is 1280. The number of hydrogen-bond donors (Lipinski definition) is 1. The number of nitrogens with one attached hydrogen (secondary N) is 1. The molecule has 1 N–H and O–H groups in total. The van der Waals surface area contributed by atoms with Crippen LogP contribution in [0.2, 0.25) is 0 Å². The Kier molecular flexibility index (Phi) is 5.84. The standard InChI is InChI=1S/C25H24N2O4S/c1-17-10-13-20(14-11-17)26-24(28)23-15-12-18-6-3-4-9-22(18)27(23)25(29)19-7-5-8-21(16-19)32(2,30)31/h3-11,13-14,16,23H,12,15H2,1-2H3,(H,26,28). The minimum atomic E-state index is -3.47. The Hall–Kier alpha value is -3.45. The van der Waals surface area contributed by atoms with E-state index in [9.17, 15) is 18.0 Å². The molecule has 1 atom stereocenters. The summed E-state index contributed by atoms with van der Waals surface area (Å²) in [6.45, 7) is 1.97. The SMILES string of the molecule is Cc1ccc(NC(=O)C2CCc3ccccc3N2C(=O)c2cccc(S(C)(=O)=O)c2)cc1. The molecule has 0 aliphatic carbocycles. The fourth-order valence-corrected chi connectivity index (χ4v) is 4.57. The van der Waals surface area contributed by atoms with Gasteiger partial charge in [0.25, 0.3) is 5.91 Å². The minimum absolute atomic E-state index is 0.0642. The van der Waals surface area contributed by atoms with Gasteiger partial charge in [0.15, 0.2) is 9.84 Å². The highest BCUT2D eigenvalue weighted by Crippen LogP contribution is 2.33. The third-order valence-electron chi connectivity index (χ3n) is 5.60. The highest BCUT2D eigenvalue weighted by molar-refractivity contribution is 7.90. The van der Waals surface area contributed by atoms with Crippen LogP contribution in [0.3, 0.4) is 0 Å². The van der Waals surface area contributed by atoms with E-state index in [1.54, 1.807) is 12.1 Å². The maximum Gasteiger partial charge on any atom is 0.259 e. The predicted octanol–water partition coefficient (Wildman–Crippen LogP) is 4.00. The van der Waals surface area contributed by atoms with E-state index in [-0.39, 0.29) is 16.4 Å². The van der Waals surface area contributed by atoms with Crippen LogP contribution in [0, 0.1) is 6.92 Å². The van der Waals surface area contributed by atoms with Gasteiger partial charge < -0.3 is 5.32 Å².